The molecule has 2 heterocycles. The highest BCUT2D eigenvalue weighted by Gasteiger charge is 2.15. The molecule has 1 aromatic carbocycles. The summed E-state index contributed by atoms with van der Waals surface area (Å²) in [7, 11) is 1.82. The molecule has 24 heavy (non-hydrogen) atoms. The molecule has 124 valence electrons. The highest BCUT2D eigenvalue weighted by Crippen LogP contribution is 2.26. The molecule has 0 radical (unpaired) electrons. The Balaban J connectivity index is 1.62. The van der Waals surface area contributed by atoms with Crippen LogP contribution in [0.25, 0.3) is 11.6 Å². The lowest BCUT2D eigenvalue weighted by atomic mass is 10.3. The first-order chi connectivity index (χ1) is 11.5. The number of benzene rings is 1. The van der Waals surface area contributed by atoms with Gasteiger partial charge in [-0.1, -0.05) is 39.3 Å². The van der Waals surface area contributed by atoms with Crippen LogP contribution in [0.3, 0.4) is 0 Å². The summed E-state index contributed by atoms with van der Waals surface area (Å²) in [6.07, 6.45) is 1.58. The highest BCUT2D eigenvalue weighted by atomic mass is 79.9. The van der Waals surface area contributed by atoms with Crippen LogP contribution in [-0.2, 0) is 11.8 Å². The van der Waals surface area contributed by atoms with Crippen molar-refractivity contribution in [1.82, 2.24) is 14.8 Å². The summed E-state index contributed by atoms with van der Waals surface area (Å²) in [5.41, 5.74) is 0.569. The van der Waals surface area contributed by atoms with Crippen molar-refractivity contribution in [3.05, 3.63) is 46.1 Å². The first-order valence-electron chi connectivity index (χ1n) is 6.85. The van der Waals surface area contributed by atoms with Crippen molar-refractivity contribution in [2.75, 3.05) is 11.1 Å². The van der Waals surface area contributed by atoms with E-state index >= 15 is 0 Å². The number of hydrogen-bond acceptors (Lipinski definition) is 5. The first kappa shape index (κ1) is 17.1. The van der Waals surface area contributed by atoms with E-state index in [9.17, 15) is 4.79 Å². The Hall–Kier alpha value is -1.77. The quantitative estimate of drug-likeness (QED) is 0.617. The summed E-state index contributed by atoms with van der Waals surface area (Å²) in [5.74, 6) is 1.25. The van der Waals surface area contributed by atoms with E-state index < -0.39 is 0 Å². The minimum absolute atomic E-state index is 0.174. The third-order valence-corrected chi connectivity index (χ3v) is 4.94. The number of carbonyl (C=O) groups is 1. The van der Waals surface area contributed by atoms with Crippen molar-refractivity contribution in [3.63, 3.8) is 0 Å². The molecule has 0 atom stereocenters. The molecule has 0 aliphatic rings. The van der Waals surface area contributed by atoms with Crippen molar-refractivity contribution in [3.8, 4) is 11.6 Å². The summed E-state index contributed by atoms with van der Waals surface area (Å²) < 4.78 is 7.94. The number of anilines is 1. The van der Waals surface area contributed by atoms with Crippen molar-refractivity contribution >= 4 is 50.9 Å². The van der Waals surface area contributed by atoms with Crippen molar-refractivity contribution in [1.29, 1.82) is 0 Å². The smallest absolute Gasteiger partial charge is 0.234 e. The van der Waals surface area contributed by atoms with E-state index in [4.69, 9.17) is 16.0 Å². The first-order valence-corrected chi connectivity index (χ1v) is 9.01. The molecule has 3 rings (SSSR count). The zero-order valence-electron chi connectivity index (χ0n) is 12.5. The molecule has 0 saturated heterocycles. The molecule has 9 heteroatoms. The van der Waals surface area contributed by atoms with Gasteiger partial charge in [-0.15, -0.1) is 10.2 Å². The summed E-state index contributed by atoms with van der Waals surface area (Å²) in [6.45, 7) is 0. The summed E-state index contributed by atoms with van der Waals surface area (Å²) in [4.78, 5) is 12.1. The molecule has 0 bridgehead atoms. The van der Waals surface area contributed by atoms with Gasteiger partial charge in [-0.2, -0.15) is 0 Å². The molecular formula is C15H12BrClN4O2S. The van der Waals surface area contributed by atoms with Gasteiger partial charge in [0.25, 0.3) is 0 Å². The minimum atomic E-state index is -0.174. The van der Waals surface area contributed by atoms with Crippen LogP contribution in [0, 0.1) is 0 Å². The number of thioether (sulfide) groups is 1. The van der Waals surface area contributed by atoms with Crippen LogP contribution >= 0.6 is 39.3 Å². The van der Waals surface area contributed by atoms with Crippen LogP contribution in [0.4, 0.5) is 5.69 Å². The van der Waals surface area contributed by atoms with Crippen LogP contribution in [-0.4, -0.2) is 26.4 Å². The number of furan rings is 1. The fraction of sp³-hybridized carbons (Fsp3) is 0.133. The van der Waals surface area contributed by atoms with Crippen LogP contribution in [0.1, 0.15) is 0 Å². The maximum atomic E-state index is 12.1. The largest absolute Gasteiger partial charge is 0.461 e. The molecule has 0 fully saturated rings. The lowest BCUT2D eigenvalue weighted by molar-refractivity contribution is -0.113. The number of rotatable bonds is 5. The van der Waals surface area contributed by atoms with Crippen molar-refractivity contribution in [2.24, 2.45) is 7.05 Å². The number of hydrogen-bond donors (Lipinski definition) is 1. The fourth-order valence-electron chi connectivity index (χ4n) is 1.97. The van der Waals surface area contributed by atoms with Gasteiger partial charge in [0.1, 0.15) is 0 Å². The SMILES string of the molecule is Cn1c(SCC(=O)Nc2ccc(Br)cc2Cl)nnc1-c1ccco1. The Morgan fingerprint density at radius 3 is 2.96 bits per heavy atom. The second kappa shape index (κ2) is 7.42. The lowest BCUT2D eigenvalue weighted by Gasteiger charge is -2.07. The highest BCUT2D eigenvalue weighted by molar-refractivity contribution is 9.10. The standard InChI is InChI=1S/C15H12BrClN4O2S/c1-21-14(12-3-2-6-23-12)19-20-15(21)24-8-13(22)18-11-5-4-9(16)7-10(11)17/h2-7H,8H2,1H3,(H,18,22). The zero-order chi connectivity index (χ0) is 17.1. The predicted octanol–water partition coefficient (Wildman–Crippen LogP) is 4.22. The molecule has 1 N–H and O–H groups in total. The van der Waals surface area contributed by atoms with Gasteiger partial charge in [0.15, 0.2) is 16.7 Å². The molecule has 0 unspecified atom stereocenters. The molecule has 0 aliphatic carbocycles. The Labute approximate surface area is 155 Å². The normalized spacial score (nSPS) is 10.8. The number of nitrogens with one attached hydrogen (secondary N) is 1. The van der Waals surface area contributed by atoms with E-state index in [1.807, 2.05) is 13.1 Å². The summed E-state index contributed by atoms with van der Waals surface area (Å²) in [5, 5.41) is 12.0. The van der Waals surface area contributed by atoms with Gasteiger partial charge in [-0.05, 0) is 30.3 Å². The number of carbonyl (C=O) groups excluding carboxylic acids is 1. The topological polar surface area (TPSA) is 73.0 Å². The number of aromatic nitrogens is 3. The molecule has 0 saturated carbocycles. The molecule has 0 aliphatic heterocycles. The van der Waals surface area contributed by atoms with E-state index in [1.54, 1.807) is 35.1 Å². The van der Waals surface area contributed by atoms with Gasteiger partial charge in [0.05, 0.1) is 22.7 Å². The summed E-state index contributed by atoms with van der Waals surface area (Å²) in [6, 6.07) is 8.87. The van der Waals surface area contributed by atoms with Crippen molar-refractivity contribution in [2.45, 2.75) is 5.16 Å². The van der Waals surface area contributed by atoms with Crippen LogP contribution < -0.4 is 5.32 Å². The Morgan fingerprint density at radius 2 is 2.25 bits per heavy atom. The second-order valence-corrected chi connectivity index (χ2v) is 7.07. The Morgan fingerprint density at radius 1 is 1.42 bits per heavy atom. The average molecular weight is 428 g/mol. The van der Waals surface area contributed by atoms with Gasteiger partial charge in [0.2, 0.25) is 5.91 Å². The number of halogens is 2. The maximum Gasteiger partial charge on any atom is 0.234 e. The second-order valence-electron chi connectivity index (χ2n) is 4.80. The predicted molar refractivity (Wildman–Crippen MR) is 97.2 cm³/mol. The molecule has 2 aromatic heterocycles. The van der Waals surface area contributed by atoms with Gasteiger partial charge in [-0.3, -0.25) is 4.79 Å². The van der Waals surface area contributed by atoms with Crippen LogP contribution in [0.2, 0.25) is 5.02 Å². The van der Waals surface area contributed by atoms with Gasteiger partial charge >= 0.3 is 0 Å². The average Bonchev–Trinajstić information content (AvgIpc) is 3.18. The van der Waals surface area contributed by atoms with Gasteiger partial charge in [0, 0.05) is 11.5 Å². The van der Waals surface area contributed by atoms with Gasteiger partial charge < -0.3 is 14.3 Å². The maximum absolute atomic E-state index is 12.1. The molecule has 0 spiro atoms. The molecule has 3 aromatic rings. The van der Waals surface area contributed by atoms with E-state index in [-0.39, 0.29) is 11.7 Å². The Kier molecular flexibility index (Phi) is 5.27. The third kappa shape index (κ3) is 3.82. The lowest BCUT2D eigenvalue weighted by Crippen LogP contribution is -2.14. The fourth-order valence-corrected chi connectivity index (χ4v) is 3.40. The Bertz CT molecular complexity index is 866. The molecule has 1 amide bonds. The minimum Gasteiger partial charge on any atom is -0.461 e. The zero-order valence-corrected chi connectivity index (χ0v) is 15.7. The molecular weight excluding hydrogens is 416 g/mol. The van der Waals surface area contributed by atoms with E-state index in [0.717, 1.165) is 4.47 Å². The molecule has 6 nitrogen and oxygen atoms in total. The van der Waals surface area contributed by atoms with Crippen LogP contribution in [0.5, 0.6) is 0 Å². The van der Waals surface area contributed by atoms with E-state index in [0.29, 0.717) is 27.5 Å². The summed E-state index contributed by atoms with van der Waals surface area (Å²) >= 11 is 10.7. The number of nitrogens with zero attached hydrogens (tertiary/aromatic N) is 3. The van der Waals surface area contributed by atoms with E-state index in [2.05, 4.69) is 31.4 Å². The number of amides is 1. The van der Waals surface area contributed by atoms with Gasteiger partial charge in [-0.25, -0.2) is 0 Å². The van der Waals surface area contributed by atoms with E-state index in [1.165, 1.54) is 11.8 Å². The third-order valence-electron chi connectivity index (χ3n) is 3.11. The monoisotopic (exact) mass is 426 g/mol. The van der Waals surface area contributed by atoms with Crippen LogP contribution in [0.15, 0.2) is 50.6 Å². The van der Waals surface area contributed by atoms with Crippen molar-refractivity contribution < 1.29 is 9.21 Å².